The van der Waals surface area contributed by atoms with E-state index in [4.69, 9.17) is 0 Å². The summed E-state index contributed by atoms with van der Waals surface area (Å²) in [6.45, 7) is -0.749. The summed E-state index contributed by atoms with van der Waals surface area (Å²) >= 11 is 0. The Morgan fingerprint density at radius 3 is 2.47 bits per heavy atom. The van der Waals surface area contributed by atoms with Crippen LogP contribution in [-0.2, 0) is 14.8 Å². The first-order chi connectivity index (χ1) is 14.4. The molecule has 152 valence electrons. The number of aliphatic hydroxyl groups is 1. The van der Waals surface area contributed by atoms with Gasteiger partial charge in [-0.2, -0.15) is 0 Å². The van der Waals surface area contributed by atoms with Crippen LogP contribution in [0.5, 0.6) is 0 Å². The third-order valence-electron chi connectivity index (χ3n) is 4.43. The van der Waals surface area contributed by atoms with Gasteiger partial charge in [0.15, 0.2) is 11.6 Å². The topological polar surface area (TPSA) is 130 Å². The average Bonchev–Trinajstić information content (AvgIpc) is 3.25. The van der Waals surface area contributed by atoms with Crippen LogP contribution >= 0.6 is 0 Å². The van der Waals surface area contributed by atoms with Crippen molar-refractivity contribution in [3.05, 3.63) is 83.8 Å². The second-order valence-electron chi connectivity index (χ2n) is 6.33. The minimum Gasteiger partial charge on any atom is -0.505 e. The van der Waals surface area contributed by atoms with E-state index in [-0.39, 0.29) is 21.8 Å². The number of carbonyl (C=O) groups is 2. The number of nitrogens with one attached hydrogen (secondary N) is 1. The Kier molecular flexibility index (Phi) is 4.84. The van der Waals surface area contributed by atoms with E-state index in [2.05, 4.69) is 15.0 Å². The van der Waals surface area contributed by atoms with E-state index in [1.54, 1.807) is 18.2 Å². The molecule has 0 fully saturated rings. The number of allylic oxidation sites excluding steroid dienone is 1. The van der Waals surface area contributed by atoms with Crippen molar-refractivity contribution in [1.82, 2.24) is 9.46 Å². The number of aliphatic hydroxyl groups excluding tert-OH is 1. The highest BCUT2D eigenvalue weighted by Crippen LogP contribution is 2.35. The Morgan fingerprint density at radius 2 is 1.77 bits per heavy atom. The highest BCUT2D eigenvalue weighted by Gasteiger charge is 2.42. The third kappa shape index (κ3) is 3.33. The monoisotopic (exact) mass is 425 g/mol. The minimum atomic E-state index is -4.30. The second kappa shape index (κ2) is 7.48. The summed E-state index contributed by atoms with van der Waals surface area (Å²) < 4.78 is 31.7. The molecule has 2 heterocycles. The summed E-state index contributed by atoms with van der Waals surface area (Å²) in [5.74, 6) is -1.94. The fourth-order valence-corrected chi connectivity index (χ4v) is 4.69. The van der Waals surface area contributed by atoms with Crippen molar-refractivity contribution < 1.29 is 27.6 Å². The Balaban J connectivity index is 1.85. The molecule has 0 unspecified atom stereocenters. The van der Waals surface area contributed by atoms with Crippen molar-refractivity contribution in [2.45, 2.75) is 4.90 Å². The normalized spacial score (nSPS) is 16.7. The van der Waals surface area contributed by atoms with E-state index < -0.39 is 39.7 Å². The molecule has 1 aliphatic heterocycles. The SMILES string of the molecule is O=C(CN1/C(=C(/O)c2ccccc2)C(=O)c2ccccc2S1(=O)=O)Nc1ccon1. The zero-order valence-electron chi connectivity index (χ0n) is 15.3. The van der Waals surface area contributed by atoms with Gasteiger partial charge in [0.05, 0.1) is 4.90 Å². The molecule has 1 aromatic heterocycles. The Hall–Kier alpha value is -3.92. The largest absolute Gasteiger partial charge is 0.505 e. The maximum Gasteiger partial charge on any atom is 0.265 e. The molecule has 3 aromatic rings. The lowest BCUT2D eigenvalue weighted by Gasteiger charge is -2.31. The number of hydrogen-bond acceptors (Lipinski definition) is 7. The number of sulfonamides is 1. The van der Waals surface area contributed by atoms with Crippen LogP contribution in [0.4, 0.5) is 5.82 Å². The van der Waals surface area contributed by atoms with Crippen LogP contribution in [0.1, 0.15) is 15.9 Å². The Labute approximate surface area is 171 Å². The smallest absolute Gasteiger partial charge is 0.265 e. The van der Waals surface area contributed by atoms with Gasteiger partial charge >= 0.3 is 0 Å². The van der Waals surface area contributed by atoms with Crippen LogP contribution in [0.2, 0.25) is 0 Å². The highest BCUT2D eigenvalue weighted by atomic mass is 32.2. The highest BCUT2D eigenvalue weighted by molar-refractivity contribution is 7.89. The van der Waals surface area contributed by atoms with Crippen molar-refractivity contribution in [1.29, 1.82) is 0 Å². The summed E-state index contributed by atoms with van der Waals surface area (Å²) in [4.78, 5) is 25.4. The molecule has 9 nitrogen and oxygen atoms in total. The maximum atomic E-state index is 13.2. The van der Waals surface area contributed by atoms with Crippen molar-refractivity contribution >= 4 is 33.3 Å². The lowest BCUT2D eigenvalue weighted by atomic mass is 10.0. The van der Waals surface area contributed by atoms with Gasteiger partial charge in [-0.3, -0.25) is 9.59 Å². The lowest BCUT2D eigenvalue weighted by molar-refractivity contribution is -0.116. The van der Waals surface area contributed by atoms with Gasteiger partial charge in [0.2, 0.25) is 11.7 Å². The first kappa shape index (κ1) is 19.4. The minimum absolute atomic E-state index is 0.0804. The Morgan fingerprint density at radius 1 is 1.07 bits per heavy atom. The summed E-state index contributed by atoms with van der Waals surface area (Å²) in [5, 5.41) is 16.7. The summed E-state index contributed by atoms with van der Waals surface area (Å²) in [6.07, 6.45) is 1.24. The van der Waals surface area contributed by atoms with Crippen molar-refractivity contribution in [3.8, 4) is 0 Å². The molecule has 2 N–H and O–H groups in total. The first-order valence-electron chi connectivity index (χ1n) is 8.75. The van der Waals surface area contributed by atoms with Crippen LogP contribution in [0, 0.1) is 0 Å². The molecule has 0 saturated carbocycles. The molecule has 0 atom stereocenters. The van der Waals surface area contributed by atoms with Crippen LogP contribution in [0.3, 0.4) is 0 Å². The number of benzene rings is 2. The van der Waals surface area contributed by atoms with E-state index in [9.17, 15) is 23.1 Å². The van der Waals surface area contributed by atoms with Gasteiger partial charge in [-0.1, -0.05) is 47.6 Å². The standard InChI is InChI=1S/C20H15N3O6S/c24-17(21-16-10-11-29-22-16)12-23-18(19(25)13-6-2-1-3-7-13)20(26)14-8-4-5-9-15(14)30(23,27)28/h1-11,25H,12H2,(H,21,22,24)/b19-18+. The number of hydrogen-bond donors (Lipinski definition) is 2. The second-order valence-corrected chi connectivity index (χ2v) is 8.16. The molecule has 0 aliphatic carbocycles. The van der Waals surface area contributed by atoms with E-state index in [1.165, 1.54) is 48.7 Å². The molecule has 30 heavy (non-hydrogen) atoms. The first-order valence-corrected chi connectivity index (χ1v) is 10.2. The quantitative estimate of drug-likeness (QED) is 0.485. The molecule has 10 heteroatoms. The van der Waals surface area contributed by atoms with Gasteiger partial charge in [-0.05, 0) is 12.1 Å². The molecular formula is C20H15N3O6S. The fourth-order valence-electron chi connectivity index (χ4n) is 3.07. The molecule has 1 amide bonds. The van der Waals surface area contributed by atoms with E-state index in [1.807, 2.05) is 0 Å². The van der Waals surface area contributed by atoms with Crippen LogP contribution in [0.15, 0.2) is 82.0 Å². The van der Waals surface area contributed by atoms with Crippen molar-refractivity contribution in [2.24, 2.45) is 0 Å². The van der Waals surface area contributed by atoms with Gasteiger partial charge in [-0.15, -0.1) is 0 Å². The average molecular weight is 425 g/mol. The van der Waals surface area contributed by atoms with Crippen LogP contribution in [-0.4, -0.2) is 41.2 Å². The third-order valence-corrected chi connectivity index (χ3v) is 6.23. The van der Waals surface area contributed by atoms with E-state index in [0.717, 1.165) is 0 Å². The molecule has 0 radical (unpaired) electrons. The summed E-state index contributed by atoms with van der Waals surface area (Å²) in [5.41, 5.74) is -0.351. The molecular weight excluding hydrogens is 410 g/mol. The lowest BCUT2D eigenvalue weighted by Crippen LogP contribution is -2.43. The number of ketones is 1. The van der Waals surface area contributed by atoms with Gasteiger partial charge in [0.25, 0.3) is 10.0 Å². The zero-order valence-corrected chi connectivity index (χ0v) is 16.2. The molecule has 0 bridgehead atoms. The van der Waals surface area contributed by atoms with Crippen LogP contribution in [0.25, 0.3) is 5.76 Å². The van der Waals surface area contributed by atoms with Gasteiger partial charge in [0, 0.05) is 17.2 Å². The number of Topliss-reactive ketones (excluding diaryl/α,β-unsaturated/α-hetero) is 1. The van der Waals surface area contributed by atoms with Gasteiger partial charge < -0.3 is 14.9 Å². The number of anilines is 1. The predicted octanol–water partition coefficient (Wildman–Crippen LogP) is 2.43. The number of fused-ring (bicyclic) bond motifs is 1. The van der Waals surface area contributed by atoms with E-state index in [0.29, 0.717) is 4.31 Å². The van der Waals surface area contributed by atoms with E-state index >= 15 is 0 Å². The fraction of sp³-hybridized carbons (Fsp3) is 0.0500. The van der Waals surface area contributed by atoms with Crippen LogP contribution < -0.4 is 5.32 Å². The van der Waals surface area contributed by atoms with Gasteiger partial charge in [-0.25, -0.2) is 12.7 Å². The molecule has 4 rings (SSSR count). The summed E-state index contributed by atoms with van der Waals surface area (Å²) in [7, 11) is -4.30. The zero-order chi connectivity index (χ0) is 21.3. The van der Waals surface area contributed by atoms with Crippen molar-refractivity contribution in [3.63, 3.8) is 0 Å². The molecule has 0 spiro atoms. The predicted molar refractivity (Wildman–Crippen MR) is 106 cm³/mol. The molecule has 2 aromatic carbocycles. The number of carbonyl (C=O) groups excluding carboxylic acids is 2. The van der Waals surface area contributed by atoms with Crippen molar-refractivity contribution in [2.75, 3.05) is 11.9 Å². The molecule has 1 aliphatic rings. The number of aromatic nitrogens is 1. The summed E-state index contributed by atoms with van der Waals surface area (Å²) in [6, 6.07) is 15.0. The maximum absolute atomic E-state index is 13.2. The number of nitrogens with zero attached hydrogens (tertiary/aromatic N) is 2. The molecule has 0 saturated heterocycles. The van der Waals surface area contributed by atoms with Gasteiger partial charge in [0.1, 0.15) is 18.5 Å². The number of amides is 1. The Bertz CT molecular complexity index is 1250. The number of rotatable bonds is 4.